The molecule has 0 atom stereocenters. The number of nitrogen functional groups attached to an aromatic ring is 1. The predicted molar refractivity (Wildman–Crippen MR) is 55.9 cm³/mol. The lowest BCUT2D eigenvalue weighted by Gasteiger charge is -1.90. The van der Waals surface area contributed by atoms with E-state index in [0.717, 1.165) is 11.4 Å². The molecule has 1 aromatic rings. The van der Waals surface area contributed by atoms with Crippen LogP contribution in [0.15, 0.2) is 17.8 Å². The van der Waals surface area contributed by atoms with Crippen molar-refractivity contribution >= 4 is 11.9 Å². The number of H-pyrrole nitrogens is 1. The highest BCUT2D eigenvalue weighted by atomic mass is 14.8. The zero-order valence-corrected chi connectivity index (χ0v) is 8.31. The summed E-state index contributed by atoms with van der Waals surface area (Å²) >= 11 is 0. The zero-order valence-electron chi connectivity index (χ0n) is 8.31. The van der Waals surface area contributed by atoms with Gasteiger partial charge in [0.15, 0.2) is 0 Å². The minimum atomic E-state index is 0.737. The molecule has 2 nitrogen and oxygen atoms in total. The summed E-state index contributed by atoms with van der Waals surface area (Å²) in [6.45, 7) is 8.10. The minimum absolute atomic E-state index is 0.737. The van der Waals surface area contributed by atoms with Crippen molar-refractivity contribution in [2.45, 2.75) is 27.7 Å². The smallest absolute Gasteiger partial charge is 0.107 e. The lowest BCUT2D eigenvalue weighted by molar-refractivity contribution is 1.40. The van der Waals surface area contributed by atoms with E-state index in [1.54, 1.807) is 0 Å². The average molecular weight is 166 g/mol. The summed E-state index contributed by atoms with van der Waals surface area (Å²) in [6, 6.07) is 1.96. The molecule has 1 heterocycles. The van der Waals surface area contributed by atoms with Crippen molar-refractivity contribution in [3.63, 3.8) is 0 Å². The summed E-state index contributed by atoms with van der Waals surface area (Å²) in [5, 5.41) is 0. The van der Waals surface area contributed by atoms with Crippen LogP contribution in [-0.2, 0) is 0 Å². The molecular weight excluding hydrogens is 148 g/mol. The van der Waals surface area contributed by atoms with Gasteiger partial charge in [-0.1, -0.05) is 25.5 Å². The van der Waals surface area contributed by atoms with Crippen molar-refractivity contribution in [1.29, 1.82) is 0 Å². The quantitative estimate of drug-likeness (QED) is 0.661. The van der Waals surface area contributed by atoms with Gasteiger partial charge in [0.2, 0.25) is 0 Å². The van der Waals surface area contributed by atoms with Gasteiger partial charge in [-0.05, 0) is 19.9 Å². The first kappa shape index (κ1) is 10.8. The molecule has 0 radical (unpaired) electrons. The molecule has 1 rings (SSSR count). The van der Waals surface area contributed by atoms with Crippen LogP contribution in [-0.4, -0.2) is 4.98 Å². The molecule has 68 valence electrons. The Morgan fingerprint density at radius 2 is 2.00 bits per heavy atom. The molecule has 0 aliphatic rings. The average Bonchev–Trinajstić information content (AvgIpc) is 2.40. The molecule has 0 bridgehead atoms. The van der Waals surface area contributed by atoms with Gasteiger partial charge in [-0.2, -0.15) is 0 Å². The highest BCUT2D eigenvalue weighted by Gasteiger charge is 1.92. The van der Waals surface area contributed by atoms with Gasteiger partial charge in [0.1, 0.15) is 5.82 Å². The fraction of sp³-hybridized carbons (Fsp3) is 0.400. The van der Waals surface area contributed by atoms with Gasteiger partial charge in [0.25, 0.3) is 0 Å². The number of hydrogen-bond acceptors (Lipinski definition) is 1. The van der Waals surface area contributed by atoms with Gasteiger partial charge < -0.3 is 10.7 Å². The summed E-state index contributed by atoms with van der Waals surface area (Å²) in [5.41, 5.74) is 7.91. The highest BCUT2D eigenvalue weighted by molar-refractivity contribution is 5.62. The van der Waals surface area contributed by atoms with Crippen LogP contribution in [0.2, 0.25) is 0 Å². The van der Waals surface area contributed by atoms with Crippen LogP contribution in [0.1, 0.15) is 33.3 Å². The maximum atomic E-state index is 5.59. The van der Waals surface area contributed by atoms with E-state index in [4.69, 9.17) is 5.73 Å². The molecule has 0 aliphatic carbocycles. The van der Waals surface area contributed by atoms with E-state index < -0.39 is 0 Å². The molecule has 0 spiro atoms. The molecule has 0 fully saturated rings. The van der Waals surface area contributed by atoms with E-state index in [2.05, 4.69) is 4.98 Å². The Morgan fingerprint density at radius 3 is 2.33 bits per heavy atom. The second kappa shape index (κ2) is 5.47. The van der Waals surface area contributed by atoms with Crippen LogP contribution >= 0.6 is 0 Å². The first-order valence-electron chi connectivity index (χ1n) is 4.28. The SMILES string of the molecule is CC.CC(C)=Cc1cc[nH]c1N. The zero-order chi connectivity index (χ0) is 9.56. The van der Waals surface area contributed by atoms with Crippen molar-refractivity contribution in [2.75, 3.05) is 5.73 Å². The van der Waals surface area contributed by atoms with Gasteiger partial charge in [0.05, 0.1) is 0 Å². The number of aromatic nitrogens is 1. The number of nitrogens with two attached hydrogens (primary N) is 1. The number of hydrogen-bond donors (Lipinski definition) is 2. The standard InChI is InChI=1S/C8H12N2.C2H6/c1-6(2)5-7-3-4-10-8(7)9;1-2/h3-5,10H,9H2,1-2H3;1-2H3. The summed E-state index contributed by atoms with van der Waals surface area (Å²) in [4.78, 5) is 2.91. The third kappa shape index (κ3) is 3.28. The van der Waals surface area contributed by atoms with Gasteiger partial charge >= 0.3 is 0 Å². The van der Waals surface area contributed by atoms with Crippen LogP contribution in [0, 0.1) is 0 Å². The summed E-state index contributed by atoms with van der Waals surface area (Å²) in [5.74, 6) is 0.737. The lowest BCUT2D eigenvalue weighted by Crippen LogP contribution is -1.85. The number of allylic oxidation sites excluding steroid dienone is 1. The predicted octanol–water partition coefficient (Wildman–Crippen LogP) is 3.05. The van der Waals surface area contributed by atoms with Gasteiger partial charge in [-0.15, -0.1) is 0 Å². The first-order valence-corrected chi connectivity index (χ1v) is 4.28. The Balaban J connectivity index is 0.000000561. The van der Waals surface area contributed by atoms with E-state index in [0.29, 0.717) is 0 Å². The van der Waals surface area contributed by atoms with E-state index >= 15 is 0 Å². The monoisotopic (exact) mass is 166 g/mol. The second-order valence-electron chi connectivity index (χ2n) is 2.57. The maximum absolute atomic E-state index is 5.59. The lowest BCUT2D eigenvalue weighted by atomic mass is 10.2. The molecule has 0 aromatic carbocycles. The van der Waals surface area contributed by atoms with E-state index in [1.807, 2.05) is 46.0 Å². The maximum Gasteiger partial charge on any atom is 0.107 e. The van der Waals surface area contributed by atoms with Crippen molar-refractivity contribution in [3.8, 4) is 0 Å². The van der Waals surface area contributed by atoms with Crippen LogP contribution in [0.3, 0.4) is 0 Å². The molecule has 0 aliphatic heterocycles. The van der Waals surface area contributed by atoms with Crippen molar-refractivity contribution < 1.29 is 0 Å². The van der Waals surface area contributed by atoms with Gasteiger partial charge in [-0.3, -0.25) is 0 Å². The van der Waals surface area contributed by atoms with Crippen molar-refractivity contribution in [3.05, 3.63) is 23.4 Å². The molecule has 0 unspecified atom stereocenters. The van der Waals surface area contributed by atoms with Crippen molar-refractivity contribution in [1.82, 2.24) is 4.98 Å². The topological polar surface area (TPSA) is 41.8 Å². The third-order valence-corrected chi connectivity index (χ3v) is 1.26. The number of nitrogens with one attached hydrogen (secondary N) is 1. The Hall–Kier alpha value is -1.18. The highest BCUT2D eigenvalue weighted by Crippen LogP contribution is 2.12. The van der Waals surface area contributed by atoms with Gasteiger partial charge in [-0.25, -0.2) is 0 Å². The molecule has 2 heteroatoms. The molecule has 0 saturated carbocycles. The largest absolute Gasteiger partial charge is 0.385 e. The fourth-order valence-corrected chi connectivity index (χ4v) is 0.831. The number of rotatable bonds is 1. The van der Waals surface area contributed by atoms with Crippen LogP contribution < -0.4 is 5.73 Å². The number of anilines is 1. The minimum Gasteiger partial charge on any atom is -0.385 e. The molecular formula is C10H18N2. The second-order valence-corrected chi connectivity index (χ2v) is 2.57. The van der Waals surface area contributed by atoms with Crippen LogP contribution in [0.25, 0.3) is 6.08 Å². The molecule has 1 aromatic heterocycles. The Kier molecular flexibility index (Phi) is 4.93. The first-order chi connectivity index (χ1) is 5.70. The Morgan fingerprint density at radius 1 is 1.42 bits per heavy atom. The normalized spacial score (nSPS) is 8.33. The van der Waals surface area contributed by atoms with Crippen LogP contribution in [0.4, 0.5) is 5.82 Å². The molecule has 0 amide bonds. The third-order valence-electron chi connectivity index (χ3n) is 1.26. The molecule has 12 heavy (non-hydrogen) atoms. The fourth-order valence-electron chi connectivity index (χ4n) is 0.831. The molecule has 3 N–H and O–H groups in total. The van der Waals surface area contributed by atoms with E-state index in [-0.39, 0.29) is 0 Å². The van der Waals surface area contributed by atoms with Crippen molar-refractivity contribution in [2.24, 2.45) is 0 Å². The Bertz CT molecular complexity index is 242. The van der Waals surface area contributed by atoms with E-state index in [9.17, 15) is 0 Å². The molecule has 0 saturated heterocycles. The summed E-state index contributed by atoms with van der Waals surface area (Å²) < 4.78 is 0. The Labute approximate surface area is 74.5 Å². The summed E-state index contributed by atoms with van der Waals surface area (Å²) in [6.07, 6.45) is 3.88. The van der Waals surface area contributed by atoms with Gasteiger partial charge in [0, 0.05) is 11.8 Å². The van der Waals surface area contributed by atoms with E-state index in [1.165, 1.54) is 5.57 Å². The van der Waals surface area contributed by atoms with Crippen LogP contribution in [0.5, 0.6) is 0 Å². The summed E-state index contributed by atoms with van der Waals surface area (Å²) in [7, 11) is 0. The number of aromatic amines is 1.